The Bertz CT molecular complexity index is 402. The molecule has 0 atom stereocenters. The molecule has 1 rings (SSSR count). The van der Waals surface area contributed by atoms with E-state index in [-0.39, 0.29) is 11.4 Å². The summed E-state index contributed by atoms with van der Waals surface area (Å²) in [5.41, 5.74) is 0.852. The minimum Gasteiger partial charge on any atom is -0.478 e. The molecule has 0 amide bonds. The third-order valence-electron chi connectivity index (χ3n) is 2.16. The lowest BCUT2D eigenvalue weighted by Crippen LogP contribution is -2.15. The second kappa shape index (κ2) is 6.02. The Labute approximate surface area is 93.6 Å². The van der Waals surface area contributed by atoms with Crippen LogP contribution in [0.4, 0.5) is 4.39 Å². The van der Waals surface area contributed by atoms with Crippen molar-refractivity contribution in [3.63, 3.8) is 0 Å². The van der Waals surface area contributed by atoms with Crippen LogP contribution in [0, 0.1) is 5.82 Å². The fourth-order valence-corrected chi connectivity index (χ4v) is 1.16. The highest BCUT2D eigenvalue weighted by Gasteiger charge is 2.00. The van der Waals surface area contributed by atoms with Crippen molar-refractivity contribution >= 4 is 5.97 Å². The normalized spacial score (nSPS) is 11.5. The van der Waals surface area contributed by atoms with E-state index in [4.69, 9.17) is 5.11 Å². The van der Waals surface area contributed by atoms with Gasteiger partial charge in [-0.05, 0) is 13.0 Å². The van der Waals surface area contributed by atoms with Gasteiger partial charge in [0, 0.05) is 24.2 Å². The van der Waals surface area contributed by atoms with E-state index in [1.807, 2.05) is 0 Å². The van der Waals surface area contributed by atoms with E-state index in [1.165, 1.54) is 13.0 Å². The molecule has 0 fully saturated rings. The highest BCUT2D eigenvalue weighted by atomic mass is 19.1. The van der Waals surface area contributed by atoms with Gasteiger partial charge in [-0.15, -0.1) is 0 Å². The van der Waals surface area contributed by atoms with Crippen molar-refractivity contribution < 1.29 is 14.3 Å². The molecule has 0 saturated carbocycles. The van der Waals surface area contributed by atoms with Gasteiger partial charge in [0.15, 0.2) is 0 Å². The van der Waals surface area contributed by atoms with E-state index in [9.17, 15) is 9.18 Å². The molecule has 1 aromatic carbocycles. The summed E-state index contributed by atoms with van der Waals surface area (Å²) in [4.78, 5) is 10.5. The van der Waals surface area contributed by atoms with Gasteiger partial charge >= 0.3 is 5.97 Å². The summed E-state index contributed by atoms with van der Waals surface area (Å²) in [7, 11) is 0. The van der Waals surface area contributed by atoms with Gasteiger partial charge in [0.25, 0.3) is 0 Å². The van der Waals surface area contributed by atoms with Crippen LogP contribution >= 0.6 is 0 Å². The first-order valence-electron chi connectivity index (χ1n) is 4.95. The molecular weight excluding hydrogens is 209 g/mol. The Hall–Kier alpha value is -1.68. The lowest BCUT2D eigenvalue weighted by atomic mass is 10.2. The van der Waals surface area contributed by atoms with Gasteiger partial charge in [0.2, 0.25) is 0 Å². The van der Waals surface area contributed by atoms with Gasteiger partial charge in [-0.2, -0.15) is 0 Å². The van der Waals surface area contributed by atoms with Crippen molar-refractivity contribution in [1.82, 2.24) is 5.32 Å². The number of benzene rings is 1. The van der Waals surface area contributed by atoms with E-state index in [0.29, 0.717) is 18.7 Å². The zero-order valence-electron chi connectivity index (χ0n) is 9.03. The van der Waals surface area contributed by atoms with Crippen LogP contribution in [0.2, 0.25) is 0 Å². The van der Waals surface area contributed by atoms with Crippen LogP contribution < -0.4 is 5.32 Å². The van der Waals surface area contributed by atoms with Crippen LogP contribution in [0.1, 0.15) is 12.5 Å². The van der Waals surface area contributed by atoms with Crippen LogP contribution in [0.3, 0.4) is 0 Å². The number of rotatable bonds is 5. The quantitative estimate of drug-likeness (QED) is 0.592. The maximum absolute atomic E-state index is 13.2. The van der Waals surface area contributed by atoms with Crippen molar-refractivity contribution in [2.45, 2.75) is 13.5 Å². The molecular formula is C12H14FNO2. The van der Waals surface area contributed by atoms with Gasteiger partial charge in [0.05, 0.1) is 0 Å². The fourth-order valence-electron chi connectivity index (χ4n) is 1.16. The molecule has 0 aliphatic carbocycles. The molecule has 3 nitrogen and oxygen atoms in total. The van der Waals surface area contributed by atoms with E-state index in [0.717, 1.165) is 0 Å². The average molecular weight is 223 g/mol. The Morgan fingerprint density at radius 1 is 1.50 bits per heavy atom. The van der Waals surface area contributed by atoms with Crippen LogP contribution in [-0.2, 0) is 11.3 Å². The minimum atomic E-state index is -0.937. The smallest absolute Gasteiger partial charge is 0.330 e. The first-order chi connectivity index (χ1) is 7.61. The Morgan fingerprint density at radius 2 is 2.19 bits per heavy atom. The van der Waals surface area contributed by atoms with Crippen molar-refractivity contribution in [2.75, 3.05) is 6.54 Å². The third-order valence-corrected chi connectivity index (χ3v) is 2.16. The zero-order chi connectivity index (χ0) is 12.0. The first-order valence-corrected chi connectivity index (χ1v) is 4.95. The van der Waals surface area contributed by atoms with Crippen LogP contribution in [0.5, 0.6) is 0 Å². The largest absolute Gasteiger partial charge is 0.478 e. The highest BCUT2D eigenvalue weighted by molar-refractivity contribution is 5.85. The van der Waals surface area contributed by atoms with Crippen LogP contribution in [0.15, 0.2) is 35.9 Å². The number of aliphatic carboxylic acids is 1. The molecule has 0 aromatic heterocycles. The second-order valence-electron chi connectivity index (χ2n) is 3.41. The molecule has 2 N–H and O–H groups in total. The number of hydrogen-bond acceptors (Lipinski definition) is 2. The van der Waals surface area contributed by atoms with E-state index in [1.54, 1.807) is 24.3 Å². The lowest BCUT2D eigenvalue weighted by Gasteiger charge is -2.03. The maximum Gasteiger partial charge on any atom is 0.330 e. The molecule has 1 aromatic rings. The molecule has 4 heteroatoms. The summed E-state index contributed by atoms with van der Waals surface area (Å²) in [6, 6.07) is 6.48. The SMILES string of the molecule is C/C(=C/CNCc1ccccc1F)C(=O)O. The van der Waals surface area contributed by atoms with Crippen LogP contribution in [-0.4, -0.2) is 17.6 Å². The summed E-state index contributed by atoms with van der Waals surface area (Å²) < 4.78 is 13.2. The Morgan fingerprint density at radius 3 is 2.81 bits per heavy atom. The van der Waals surface area contributed by atoms with Crippen LogP contribution in [0.25, 0.3) is 0 Å². The molecule has 86 valence electrons. The molecule has 0 bridgehead atoms. The molecule has 0 saturated heterocycles. The molecule has 16 heavy (non-hydrogen) atoms. The summed E-state index contributed by atoms with van der Waals surface area (Å²) in [6.07, 6.45) is 1.56. The molecule has 0 radical (unpaired) electrons. The summed E-state index contributed by atoms with van der Waals surface area (Å²) in [5, 5.41) is 11.5. The van der Waals surface area contributed by atoms with Gasteiger partial charge in [-0.3, -0.25) is 0 Å². The Balaban J connectivity index is 2.40. The van der Waals surface area contributed by atoms with Crippen molar-refractivity contribution in [2.24, 2.45) is 0 Å². The topological polar surface area (TPSA) is 49.3 Å². The zero-order valence-corrected chi connectivity index (χ0v) is 9.03. The molecule has 0 unspecified atom stereocenters. The molecule has 0 aliphatic rings. The monoisotopic (exact) mass is 223 g/mol. The standard InChI is InChI=1S/C12H14FNO2/c1-9(12(15)16)6-7-14-8-10-4-2-3-5-11(10)13/h2-6,14H,7-8H2,1H3,(H,15,16)/b9-6-. The highest BCUT2D eigenvalue weighted by Crippen LogP contribution is 2.05. The fraction of sp³-hybridized carbons (Fsp3) is 0.250. The van der Waals surface area contributed by atoms with Crippen molar-refractivity contribution in [1.29, 1.82) is 0 Å². The number of nitrogens with one attached hydrogen (secondary N) is 1. The third kappa shape index (κ3) is 3.82. The molecule has 0 spiro atoms. The number of halogens is 1. The van der Waals surface area contributed by atoms with E-state index in [2.05, 4.69) is 5.32 Å². The number of carboxylic acids is 1. The predicted molar refractivity (Wildman–Crippen MR) is 59.5 cm³/mol. The van der Waals surface area contributed by atoms with Gasteiger partial charge < -0.3 is 10.4 Å². The predicted octanol–water partition coefficient (Wildman–Crippen LogP) is 1.95. The number of carbonyl (C=O) groups is 1. The summed E-state index contributed by atoms with van der Waals surface area (Å²) >= 11 is 0. The second-order valence-corrected chi connectivity index (χ2v) is 3.41. The van der Waals surface area contributed by atoms with Gasteiger partial charge in [-0.1, -0.05) is 24.3 Å². The molecule has 0 heterocycles. The minimum absolute atomic E-state index is 0.256. The first kappa shape index (κ1) is 12.4. The lowest BCUT2D eigenvalue weighted by molar-refractivity contribution is -0.132. The van der Waals surface area contributed by atoms with E-state index < -0.39 is 5.97 Å². The maximum atomic E-state index is 13.2. The Kier molecular flexibility index (Phi) is 4.66. The number of hydrogen-bond donors (Lipinski definition) is 2. The van der Waals surface area contributed by atoms with Gasteiger partial charge in [-0.25, -0.2) is 9.18 Å². The van der Waals surface area contributed by atoms with E-state index >= 15 is 0 Å². The van der Waals surface area contributed by atoms with Crippen molar-refractivity contribution in [3.8, 4) is 0 Å². The average Bonchev–Trinajstić information content (AvgIpc) is 2.26. The summed E-state index contributed by atoms with van der Waals surface area (Å²) in [5.74, 6) is -1.19. The van der Waals surface area contributed by atoms with Crippen molar-refractivity contribution in [3.05, 3.63) is 47.3 Å². The van der Waals surface area contributed by atoms with Gasteiger partial charge in [0.1, 0.15) is 5.82 Å². The summed E-state index contributed by atoms with van der Waals surface area (Å²) in [6.45, 7) is 2.32. The number of carboxylic acid groups (broad SMARTS) is 1. The molecule has 0 aliphatic heterocycles.